The van der Waals surface area contributed by atoms with E-state index in [1.807, 2.05) is 24.3 Å². The van der Waals surface area contributed by atoms with Crippen LogP contribution in [0.5, 0.6) is 5.75 Å². The van der Waals surface area contributed by atoms with Gasteiger partial charge in [-0.1, -0.05) is 19.1 Å². The molecule has 3 N–H and O–H groups in total. The Hall–Kier alpha value is -1.10. The van der Waals surface area contributed by atoms with E-state index in [2.05, 4.69) is 11.8 Å². The van der Waals surface area contributed by atoms with E-state index in [-0.39, 0.29) is 6.61 Å². The van der Waals surface area contributed by atoms with Crippen LogP contribution >= 0.6 is 0 Å². The molecule has 0 spiro atoms. The van der Waals surface area contributed by atoms with Gasteiger partial charge in [0.05, 0.1) is 13.2 Å². The number of nitrogens with two attached hydrogens (primary N) is 1. The Kier molecular flexibility index (Phi) is 5.83. The van der Waals surface area contributed by atoms with E-state index in [9.17, 15) is 5.11 Å². The fraction of sp³-hybridized carbons (Fsp3) is 0.625. The Balaban J connectivity index is 1.71. The second-order valence-electron chi connectivity index (χ2n) is 5.61. The first-order valence-electron chi connectivity index (χ1n) is 7.51. The van der Waals surface area contributed by atoms with Gasteiger partial charge in [-0.2, -0.15) is 0 Å². The molecule has 0 saturated carbocycles. The van der Waals surface area contributed by atoms with Crippen molar-refractivity contribution in [2.45, 2.75) is 32.4 Å². The van der Waals surface area contributed by atoms with Crippen molar-refractivity contribution in [2.24, 2.45) is 11.7 Å². The molecule has 1 aromatic rings. The highest BCUT2D eigenvalue weighted by Crippen LogP contribution is 2.23. The summed E-state index contributed by atoms with van der Waals surface area (Å²) >= 11 is 0. The number of hydrogen-bond donors (Lipinski definition) is 2. The zero-order valence-corrected chi connectivity index (χ0v) is 12.3. The van der Waals surface area contributed by atoms with E-state index in [4.69, 9.17) is 10.5 Å². The van der Waals surface area contributed by atoms with Crippen LogP contribution in [0, 0.1) is 5.92 Å². The van der Waals surface area contributed by atoms with Crippen LogP contribution in [0.15, 0.2) is 24.3 Å². The van der Waals surface area contributed by atoms with Crippen LogP contribution in [0.3, 0.4) is 0 Å². The summed E-state index contributed by atoms with van der Waals surface area (Å²) in [4.78, 5) is 2.38. The normalized spacial score (nSPS) is 23.1. The summed E-state index contributed by atoms with van der Waals surface area (Å²) in [6.07, 6.45) is 2.17. The van der Waals surface area contributed by atoms with Gasteiger partial charge in [0, 0.05) is 19.1 Å². The number of rotatable bonds is 7. The number of nitrogens with zero attached hydrogens (tertiary/aromatic N) is 1. The Bertz CT molecular complexity index is 411. The van der Waals surface area contributed by atoms with E-state index in [1.165, 1.54) is 6.42 Å². The zero-order valence-electron chi connectivity index (χ0n) is 12.3. The van der Waals surface area contributed by atoms with Crippen LogP contribution < -0.4 is 10.5 Å². The summed E-state index contributed by atoms with van der Waals surface area (Å²) in [5.41, 5.74) is 6.71. The average Bonchev–Trinajstić information content (AvgIpc) is 2.84. The molecule has 4 heteroatoms. The maximum absolute atomic E-state index is 9.41. The molecule has 1 fully saturated rings. The monoisotopic (exact) mass is 278 g/mol. The summed E-state index contributed by atoms with van der Waals surface area (Å²) < 4.78 is 5.76. The van der Waals surface area contributed by atoms with E-state index in [0.29, 0.717) is 25.1 Å². The molecule has 1 aromatic carbocycles. The molecule has 2 rings (SSSR count). The SMILES string of the molecule is CC1CCN(CCCOc2cccc(CN)c2)C1CO. The smallest absolute Gasteiger partial charge is 0.119 e. The Morgan fingerprint density at radius 3 is 3.05 bits per heavy atom. The minimum atomic E-state index is 0.264. The maximum atomic E-state index is 9.41. The summed E-state index contributed by atoms with van der Waals surface area (Å²) in [5, 5.41) is 9.41. The maximum Gasteiger partial charge on any atom is 0.119 e. The first-order chi connectivity index (χ1) is 9.74. The minimum absolute atomic E-state index is 0.264. The second-order valence-corrected chi connectivity index (χ2v) is 5.61. The van der Waals surface area contributed by atoms with Gasteiger partial charge in [-0.25, -0.2) is 0 Å². The van der Waals surface area contributed by atoms with Crippen LogP contribution in [-0.4, -0.2) is 42.4 Å². The molecular formula is C16H26N2O2. The quantitative estimate of drug-likeness (QED) is 0.744. The third-order valence-electron chi connectivity index (χ3n) is 4.18. The molecule has 2 unspecified atom stereocenters. The molecule has 1 heterocycles. The van der Waals surface area contributed by atoms with Gasteiger partial charge in [0.25, 0.3) is 0 Å². The van der Waals surface area contributed by atoms with Crippen molar-refractivity contribution in [1.29, 1.82) is 0 Å². The Morgan fingerprint density at radius 1 is 1.45 bits per heavy atom. The topological polar surface area (TPSA) is 58.7 Å². The molecule has 1 aliphatic rings. The predicted molar refractivity (Wildman–Crippen MR) is 80.7 cm³/mol. The van der Waals surface area contributed by atoms with Crippen LogP contribution in [-0.2, 0) is 6.54 Å². The van der Waals surface area contributed by atoms with Crippen molar-refractivity contribution in [2.75, 3.05) is 26.3 Å². The van der Waals surface area contributed by atoms with Crippen LogP contribution in [0.1, 0.15) is 25.3 Å². The Labute approximate surface area is 121 Å². The van der Waals surface area contributed by atoms with Gasteiger partial charge in [0.1, 0.15) is 5.75 Å². The van der Waals surface area contributed by atoms with E-state index < -0.39 is 0 Å². The summed E-state index contributed by atoms with van der Waals surface area (Å²) in [6.45, 7) is 5.82. The molecule has 1 saturated heterocycles. The average molecular weight is 278 g/mol. The molecule has 20 heavy (non-hydrogen) atoms. The lowest BCUT2D eigenvalue weighted by Gasteiger charge is -2.24. The molecule has 0 aliphatic carbocycles. The number of aliphatic hydroxyl groups is 1. The number of hydrogen-bond acceptors (Lipinski definition) is 4. The molecular weight excluding hydrogens is 252 g/mol. The minimum Gasteiger partial charge on any atom is -0.494 e. The Morgan fingerprint density at radius 2 is 2.30 bits per heavy atom. The predicted octanol–water partition coefficient (Wildman–Crippen LogP) is 1.62. The third kappa shape index (κ3) is 3.95. The molecule has 0 amide bonds. The largest absolute Gasteiger partial charge is 0.494 e. The van der Waals surface area contributed by atoms with Gasteiger partial charge < -0.3 is 15.6 Å². The van der Waals surface area contributed by atoms with Crippen molar-refractivity contribution in [3.8, 4) is 5.75 Å². The molecule has 112 valence electrons. The summed E-state index contributed by atoms with van der Waals surface area (Å²) in [6, 6.07) is 8.27. The van der Waals surface area contributed by atoms with E-state index >= 15 is 0 Å². The first kappa shape index (κ1) is 15.3. The zero-order chi connectivity index (χ0) is 14.4. The molecule has 4 nitrogen and oxygen atoms in total. The third-order valence-corrected chi connectivity index (χ3v) is 4.18. The second kappa shape index (κ2) is 7.62. The van der Waals surface area contributed by atoms with Gasteiger partial charge in [-0.3, -0.25) is 4.90 Å². The molecule has 0 aromatic heterocycles. The number of aliphatic hydroxyl groups excluding tert-OH is 1. The van der Waals surface area contributed by atoms with Gasteiger partial charge in [-0.15, -0.1) is 0 Å². The lowest BCUT2D eigenvalue weighted by molar-refractivity contribution is 0.133. The van der Waals surface area contributed by atoms with Crippen molar-refractivity contribution >= 4 is 0 Å². The fourth-order valence-electron chi connectivity index (χ4n) is 2.88. The lowest BCUT2D eigenvalue weighted by Crippen LogP contribution is -2.36. The first-order valence-corrected chi connectivity index (χ1v) is 7.51. The lowest BCUT2D eigenvalue weighted by atomic mass is 10.0. The van der Waals surface area contributed by atoms with Crippen LogP contribution in [0.25, 0.3) is 0 Å². The van der Waals surface area contributed by atoms with Crippen LogP contribution in [0.4, 0.5) is 0 Å². The summed E-state index contributed by atoms with van der Waals surface area (Å²) in [7, 11) is 0. The molecule has 0 radical (unpaired) electrons. The number of benzene rings is 1. The van der Waals surface area contributed by atoms with Crippen LogP contribution in [0.2, 0.25) is 0 Å². The van der Waals surface area contributed by atoms with Gasteiger partial charge in [0.15, 0.2) is 0 Å². The molecule has 2 atom stereocenters. The highest BCUT2D eigenvalue weighted by atomic mass is 16.5. The molecule has 1 aliphatic heterocycles. The molecule has 0 bridgehead atoms. The van der Waals surface area contributed by atoms with Gasteiger partial charge in [-0.05, 0) is 43.0 Å². The van der Waals surface area contributed by atoms with Crippen molar-refractivity contribution in [3.05, 3.63) is 29.8 Å². The van der Waals surface area contributed by atoms with Crippen molar-refractivity contribution < 1.29 is 9.84 Å². The number of ether oxygens (including phenoxy) is 1. The summed E-state index contributed by atoms with van der Waals surface area (Å²) in [5.74, 6) is 1.49. The highest BCUT2D eigenvalue weighted by molar-refractivity contribution is 5.28. The standard InChI is InChI=1S/C16H26N2O2/c1-13-6-8-18(16(13)12-19)7-3-9-20-15-5-2-4-14(10-15)11-17/h2,4-5,10,13,16,19H,3,6-9,11-12,17H2,1H3. The number of likely N-dealkylation sites (tertiary alicyclic amines) is 1. The fourth-order valence-corrected chi connectivity index (χ4v) is 2.88. The highest BCUT2D eigenvalue weighted by Gasteiger charge is 2.29. The van der Waals surface area contributed by atoms with Gasteiger partial charge >= 0.3 is 0 Å². The van der Waals surface area contributed by atoms with Gasteiger partial charge in [0.2, 0.25) is 0 Å². The van der Waals surface area contributed by atoms with E-state index in [0.717, 1.165) is 30.8 Å². The van der Waals surface area contributed by atoms with E-state index in [1.54, 1.807) is 0 Å². The van der Waals surface area contributed by atoms with Crippen molar-refractivity contribution in [1.82, 2.24) is 4.90 Å². The van der Waals surface area contributed by atoms with Crippen molar-refractivity contribution in [3.63, 3.8) is 0 Å².